The van der Waals surface area contributed by atoms with Crippen molar-refractivity contribution in [1.29, 1.82) is 0 Å². The minimum absolute atomic E-state index is 0.0315. The first-order chi connectivity index (χ1) is 20.3. The van der Waals surface area contributed by atoms with Gasteiger partial charge in [0, 0.05) is 24.3 Å². The monoisotopic (exact) mass is 615 g/mol. The number of amides is 1. The van der Waals surface area contributed by atoms with E-state index in [1.165, 1.54) is 61.2 Å². The molecule has 0 unspecified atom stereocenters. The molecule has 0 spiro atoms. The summed E-state index contributed by atoms with van der Waals surface area (Å²) in [4.78, 5) is 37.2. The number of nitrogens with zero attached hydrogens (tertiary/aromatic N) is 3. The van der Waals surface area contributed by atoms with E-state index in [9.17, 15) is 19.5 Å². The van der Waals surface area contributed by atoms with E-state index in [0.717, 1.165) is 38.5 Å². The number of hydrogen-bond acceptors (Lipinski definition) is 11. The van der Waals surface area contributed by atoms with Crippen molar-refractivity contribution in [1.82, 2.24) is 15.0 Å². The average Bonchev–Trinajstić information content (AvgIpc) is 3.41. The quantitative estimate of drug-likeness (QED) is 0.0884. The summed E-state index contributed by atoms with van der Waals surface area (Å²) in [6.07, 6.45) is 13.2. The number of anilines is 1. The molecule has 1 aromatic heterocycles. The molecule has 0 radical (unpaired) electrons. The maximum atomic E-state index is 12.5. The predicted octanol–water partition coefficient (Wildman–Crippen LogP) is 3.59. The van der Waals surface area contributed by atoms with Crippen molar-refractivity contribution in [3.8, 4) is 0 Å². The molecule has 0 bridgehead atoms. The van der Waals surface area contributed by atoms with Gasteiger partial charge in [0.1, 0.15) is 12.7 Å². The van der Waals surface area contributed by atoms with Gasteiger partial charge >= 0.3 is 11.9 Å². The maximum Gasteiger partial charge on any atom is 0.306 e. The molecule has 0 aliphatic rings. The number of aromatic nitrogens is 3. The highest BCUT2D eigenvalue weighted by molar-refractivity contribution is 7.99. The molecule has 0 aromatic carbocycles. The van der Waals surface area contributed by atoms with Gasteiger partial charge in [-0.05, 0) is 12.8 Å². The molecule has 0 aliphatic carbocycles. The highest BCUT2D eigenvalue weighted by Crippen LogP contribution is 2.14. The predicted molar refractivity (Wildman–Crippen MR) is 164 cm³/mol. The number of esters is 2. The lowest BCUT2D eigenvalue weighted by Crippen LogP contribution is -2.38. The van der Waals surface area contributed by atoms with E-state index in [1.807, 2.05) is 0 Å². The first-order valence-electron chi connectivity index (χ1n) is 15.5. The van der Waals surface area contributed by atoms with E-state index < -0.39 is 30.8 Å². The van der Waals surface area contributed by atoms with Gasteiger partial charge in [-0.3, -0.25) is 14.4 Å². The van der Waals surface area contributed by atoms with Crippen LogP contribution >= 0.6 is 11.8 Å². The summed E-state index contributed by atoms with van der Waals surface area (Å²) in [5, 5.41) is 28.6. The highest BCUT2D eigenvalue weighted by atomic mass is 32.2. The van der Waals surface area contributed by atoms with E-state index in [4.69, 9.17) is 20.3 Å². The molecule has 42 heavy (non-hydrogen) atoms. The largest absolute Gasteiger partial charge is 0.462 e. The van der Waals surface area contributed by atoms with Crippen molar-refractivity contribution in [2.75, 3.05) is 30.0 Å². The topological polar surface area (TPSA) is 179 Å². The fourth-order valence-electron chi connectivity index (χ4n) is 4.06. The molecule has 0 saturated heterocycles. The zero-order valence-corrected chi connectivity index (χ0v) is 26.3. The van der Waals surface area contributed by atoms with Gasteiger partial charge in [-0.15, -0.1) is 5.10 Å². The summed E-state index contributed by atoms with van der Waals surface area (Å²) in [5.41, 5.74) is 6.04. The van der Waals surface area contributed by atoms with Gasteiger partial charge < -0.3 is 30.7 Å². The van der Waals surface area contributed by atoms with Crippen molar-refractivity contribution in [2.45, 2.75) is 129 Å². The minimum atomic E-state index is -0.989. The molecule has 1 amide bonds. The summed E-state index contributed by atoms with van der Waals surface area (Å²) in [7, 11) is 0. The average molecular weight is 616 g/mol. The Bertz CT molecular complexity index is 873. The third kappa shape index (κ3) is 19.1. The van der Waals surface area contributed by atoms with E-state index in [0.29, 0.717) is 18.6 Å². The first kappa shape index (κ1) is 37.8. The van der Waals surface area contributed by atoms with Gasteiger partial charge in [0.05, 0.1) is 31.5 Å². The zero-order valence-electron chi connectivity index (χ0n) is 25.5. The number of nitrogens with one attached hydrogen (secondary N) is 1. The Balaban J connectivity index is 2.50. The van der Waals surface area contributed by atoms with Crippen molar-refractivity contribution in [3.05, 3.63) is 6.20 Å². The Kier molecular flexibility index (Phi) is 21.8. The Morgan fingerprint density at radius 2 is 1.55 bits per heavy atom. The van der Waals surface area contributed by atoms with Crippen LogP contribution in [0.25, 0.3) is 0 Å². The Labute approximate surface area is 254 Å². The molecular formula is C29H53N5O7S. The normalized spacial score (nSPS) is 13.4. The smallest absolute Gasteiger partial charge is 0.306 e. The second kappa shape index (κ2) is 24.2. The Morgan fingerprint density at radius 3 is 2.17 bits per heavy atom. The highest BCUT2D eigenvalue weighted by Gasteiger charge is 2.20. The van der Waals surface area contributed by atoms with Gasteiger partial charge in [0.25, 0.3) is 0 Å². The van der Waals surface area contributed by atoms with Crippen LogP contribution in [0, 0.1) is 0 Å². The number of rotatable bonds is 26. The van der Waals surface area contributed by atoms with Crippen LogP contribution in [-0.4, -0.2) is 86.0 Å². The van der Waals surface area contributed by atoms with Crippen LogP contribution in [0.15, 0.2) is 6.20 Å². The lowest BCUT2D eigenvalue weighted by Gasteiger charge is -2.19. The number of carbonyl (C=O) groups excluding carboxylic acids is 3. The molecule has 1 rings (SSSR count). The number of aliphatic hydroxyl groups is 2. The van der Waals surface area contributed by atoms with Gasteiger partial charge in [0.2, 0.25) is 5.91 Å². The van der Waals surface area contributed by atoms with E-state index in [1.54, 1.807) is 0 Å². The molecule has 0 fully saturated rings. The van der Waals surface area contributed by atoms with E-state index in [2.05, 4.69) is 29.5 Å². The number of unbranched alkanes of at least 4 members (excludes halogenated alkanes) is 10. The van der Waals surface area contributed by atoms with Gasteiger partial charge in [-0.2, -0.15) is 11.8 Å². The third-order valence-electron chi connectivity index (χ3n) is 6.53. The molecule has 1 heterocycles. The van der Waals surface area contributed by atoms with Gasteiger partial charge in [0.15, 0.2) is 5.82 Å². The summed E-state index contributed by atoms with van der Waals surface area (Å²) in [5.74, 6) is -0.366. The number of thioether (sulfide) groups is 1. The lowest BCUT2D eigenvalue weighted by molar-refractivity contribution is -0.157. The summed E-state index contributed by atoms with van der Waals surface area (Å²) in [6, 6.07) is -0.877. The van der Waals surface area contributed by atoms with Crippen LogP contribution in [0.5, 0.6) is 0 Å². The molecule has 0 aliphatic heterocycles. The fraction of sp³-hybridized carbons (Fsp3) is 0.828. The summed E-state index contributed by atoms with van der Waals surface area (Å²) >= 11 is 1.33. The summed E-state index contributed by atoms with van der Waals surface area (Å²) < 4.78 is 12.4. The lowest BCUT2D eigenvalue weighted by atomic mass is 10.1. The van der Waals surface area contributed by atoms with Crippen LogP contribution in [-0.2, 0) is 30.4 Å². The van der Waals surface area contributed by atoms with Crippen molar-refractivity contribution < 1.29 is 34.1 Å². The maximum absolute atomic E-state index is 12.5. The van der Waals surface area contributed by atoms with Gasteiger partial charge in [-0.1, -0.05) is 83.3 Å². The summed E-state index contributed by atoms with van der Waals surface area (Å²) in [6.45, 7) is 3.91. The molecule has 3 atom stereocenters. The molecule has 242 valence electrons. The zero-order chi connectivity index (χ0) is 31.0. The van der Waals surface area contributed by atoms with E-state index >= 15 is 0 Å². The second-order valence-corrected chi connectivity index (χ2v) is 11.7. The molecule has 13 heteroatoms. The molecule has 12 nitrogen and oxygen atoms in total. The standard InChI is InChI=1S/C29H53N5O7S/c1-3-5-7-9-11-13-15-27(37)40-20-24(41-28(38)16-14-12-10-8-6-4-2)21-42-22-25(30)29(39)31-26-18-34(33-32-26)17-23(36)19-35/h18,23-25,35-36H,3-17,19-22,30H2,1-2H3,(H,31,39)/t23-,24-,25-/m1/s1. The fourth-order valence-corrected chi connectivity index (χ4v) is 5.03. The van der Waals surface area contributed by atoms with Crippen LogP contribution in [0.4, 0.5) is 5.82 Å². The first-order valence-corrected chi connectivity index (χ1v) is 16.6. The molecule has 5 N–H and O–H groups in total. The van der Waals surface area contributed by atoms with E-state index in [-0.39, 0.29) is 36.7 Å². The number of nitrogens with two attached hydrogens (primary N) is 1. The molecule has 0 saturated carbocycles. The van der Waals surface area contributed by atoms with Crippen LogP contribution < -0.4 is 11.1 Å². The number of carbonyl (C=O) groups is 3. The van der Waals surface area contributed by atoms with Crippen molar-refractivity contribution in [2.24, 2.45) is 5.73 Å². The Hall–Kier alpha value is -2.22. The third-order valence-corrected chi connectivity index (χ3v) is 7.74. The SMILES string of the molecule is CCCCCCCCC(=O)OC[C@H](CSC[C@@H](N)C(=O)Nc1cn(C[C@@H](O)CO)nn1)OC(=O)CCCCCCCC. The Morgan fingerprint density at radius 1 is 0.952 bits per heavy atom. The molecule has 1 aromatic rings. The van der Waals surface area contributed by atoms with Crippen LogP contribution in [0.2, 0.25) is 0 Å². The van der Waals surface area contributed by atoms with Crippen LogP contribution in [0.1, 0.15) is 104 Å². The van der Waals surface area contributed by atoms with Crippen LogP contribution in [0.3, 0.4) is 0 Å². The number of hydrogen-bond donors (Lipinski definition) is 4. The molecular weight excluding hydrogens is 562 g/mol. The van der Waals surface area contributed by atoms with Crippen molar-refractivity contribution >= 4 is 35.4 Å². The van der Waals surface area contributed by atoms with Gasteiger partial charge in [-0.25, -0.2) is 4.68 Å². The number of ether oxygens (including phenoxy) is 2. The van der Waals surface area contributed by atoms with Crippen molar-refractivity contribution in [3.63, 3.8) is 0 Å². The number of aliphatic hydroxyl groups excluding tert-OH is 2. The minimum Gasteiger partial charge on any atom is -0.462 e. The second-order valence-electron chi connectivity index (χ2n) is 10.6.